The summed E-state index contributed by atoms with van der Waals surface area (Å²) in [6.45, 7) is 3.64. The largest absolute Gasteiger partial charge is 0.481 e. The summed E-state index contributed by atoms with van der Waals surface area (Å²) >= 11 is 0. The van der Waals surface area contributed by atoms with Gasteiger partial charge in [-0.1, -0.05) is 0 Å². The predicted molar refractivity (Wildman–Crippen MR) is 64.8 cm³/mol. The summed E-state index contributed by atoms with van der Waals surface area (Å²) < 4.78 is 0. The normalized spacial score (nSPS) is 17.4. The van der Waals surface area contributed by atoms with Gasteiger partial charge in [0.05, 0.1) is 18.4 Å². The van der Waals surface area contributed by atoms with Crippen LogP contribution in [-0.2, 0) is 4.79 Å². The van der Waals surface area contributed by atoms with Gasteiger partial charge in [0.1, 0.15) is 0 Å². The van der Waals surface area contributed by atoms with E-state index in [1.54, 1.807) is 18.7 Å². The van der Waals surface area contributed by atoms with Gasteiger partial charge in [-0.25, -0.2) is 4.79 Å². The topological polar surface area (TPSA) is 93.4 Å². The van der Waals surface area contributed by atoms with Crippen molar-refractivity contribution < 1.29 is 14.7 Å². The Morgan fingerprint density at radius 1 is 1.50 bits per heavy atom. The van der Waals surface area contributed by atoms with Gasteiger partial charge in [0, 0.05) is 18.6 Å². The third kappa shape index (κ3) is 3.91. The van der Waals surface area contributed by atoms with E-state index in [-0.39, 0.29) is 12.1 Å². The van der Waals surface area contributed by atoms with Crippen LogP contribution in [0.3, 0.4) is 0 Å². The number of carbonyl (C=O) groups is 2. The lowest BCUT2D eigenvalue weighted by Crippen LogP contribution is -2.48. The van der Waals surface area contributed by atoms with Crippen molar-refractivity contribution in [2.45, 2.75) is 45.2 Å². The Morgan fingerprint density at radius 3 is 2.56 bits per heavy atom. The molecule has 0 spiro atoms. The molecule has 1 fully saturated rings. The molecular weight excluding hydrogens is 234 g/mol. The van der Waals surface area contributed by atoms with Crippen molar-refractivity contribution in [3.8, 4) is 6.07 Å². The zero-order valence-electron chi connectivity index (χ0n) is 10.7. The number of urea groups is 1. The minimum atomic E-state index is -0.933. The first kappa shape index (κ1) is 14.3. The van der Waals surface area contributed by atoms with Gasteiger partial charge in [0.15, 0.2) is 0 Å². The van der Waals surface area contributed by atoms with Crippen LogP contribution in [0.2, 0.25) is 0 Å². The minimum Gasteiger partial charge on any atom is -0.481 e. The minimum absolute atomic E-state index is 0.214. The highest BCUT2D eigenvalue weighted by molar-refractivity contribution is 5.77. The maximum Gasteiger partial charge on any atom is 0.317 e. The molecule has 100 valence electrons. The molecule has 0 aliphatic heterocycles. The van der Waals surface area contributed by atoms with E-state index >= 15 is 0 Å². The van der Waals surface area contributed by atoms with E-state index in [4.69, 9.17) is 10.4 Å². The van der Waals surface area contributed by atoms with E-state index in [0.717, 1.165) is 12.8 Å². The molecule has 1 saturated carbocycles. The SMILES string of the molecule is CC(NC(=O)N(CCC#N)C1CC1)C(C)C(=O)O. The molecule has 0 radical (unpaired) electrons. The molecule has 2 amide bonds. The predicted octanol–water partition coefficient (Wildman–Crippen LogP) is 1.18. The molecule has 0 aromatic carbocycles. The average Bonchev–Trinajstić information content (AvgIpc) is 3.12. The quantitative estimate of drug-likeness (QED) is 0.743. The van der Waals surface area contributed by atoms with Crippen LogP contribution in [0.5, 0.6) is 0 Å². The van der Waals surface area contributed by atoms with Crippen molar-refractivity contribution in [3.63, 3.8) is 0 Å². The third-order valence-corrected chi connectivity index (χ3v) is 3.20. The first-order valence-electron chi connectivity index (χ1n) is 6.14. The summed E-state index contributed by atoms with van der Waals surface area (Å²) in [5, 5.41) is 20.1. The number of nitrogens with one attached hydrogen (secondary N) is 1. The average molecular weight is 253 g/mol. The van der Waals surface area contributed by atoms with E-state index in [2.05, 4.69) is 5.32 Å². The summed E-state index contributed by atoms with van der Waals surface area (Å²) in [7, 11) is 0. The molecular formula is C12H19N3O3. The van der Waals surface area contributed by atoms with Crippen molar-refractivity contribution in [1.29, 1.82) is 5.26 Å². The van der Waals surface area contributed by atoms with Crippen molar-refractivity contribution in [3.05, 3.63) is 0 Å². The van der Waals surface area contributed by atoms with Gasteiger partial charge in [-0.2, -0.15) is 5.26 Å². The zero-order valence-corrected chi connectivity index (χ0v) is 10.7. The number of aliphatic carboxylic acids is 1. The molecule has 0 heterocycles. The summed E-state index contributed by atoms with van der Waals surface area (Å²) in [4.78, 5) is 24.4. The van der Waals surface area contributed by atoms with Crippen LogP contribution >= 0.6 is 0 Å². The molecule has 2 N–H and O–H groups in total. The van der Waals surface area contributed by atoms with Crippen LogP contribution < -0.4 is 5.32 Å². The van der Waals surface area contributed by atoms with Gasteiger partial charge >= 0.3 is 12.0 Å². The van der Waals surface area contributed by atoms with Gasteiger partial charge in [0.2, 0.25) is 0 Å². The number of rotatable bonds is 6. The second kappa shape index (κ2) is 6.24. The highest BCUT2D eigenvalue weighted by atomic mass is 16.4. The van der Waals surface area contributed by atoms with Gasteiger partial charge in [-0.3, -0.25) is 4.79 Å². The summed E-state index contributed by atoms with van der Waals surface area (Å²) in [5.74, 6) is -1.57. The molecule has 0 aromatic rings. The van der Waals surface area contributed by atoms with Crippen LogP contribution in [0, 0.1) is 17.2 Å². The van der Waals surface area contributed by atoms with E-state index in [1.807, 2.05) is 6.07 Å². The second-order valence-corrected chi connectivity index (χ2v) is 4.70. The molecule has 1 aliphatic carbocycles. The number of amides is 2. The Bertz CT molecular complexity index is 360. The number of nitrogens with zero attached hydrogens (tertiary/aromatic N) is 2. The maximum atomic E-state index is 12.0. The van der Waals surface area contributed by atoms with Crippen LogP contribution in [0.25, 0.3) is 0 Å². The number of carboxylic acid groups (broad SMARTS) is 1. The van der Waals surface area contributed by atoms with E-state index in [0.29, 0.717) is 13.0 Å². The first-order valence-corrected chi connectivity index (χ1v) is 6.14. The molecule has 2 atom stereocenters. The smallest absolute Gasteiger partial charge is 0.317 e. The van der Waals surface area contributed by atoms with Crippen molar-refractivity contribution in [2.75, 3.05) is 6.54 Å². The monoisotopic (exact) mass is 253 g/mol. The molecule has 0 aromatic heterocycles. The van der Waals surface area contributed by atoms with Crippen molar-refractivity contribution in [1.82, 2.24) is 10.2 Å². The summed E-state index contributed by atoms with van der Waals surface area (Å²) in [6, 6.07) is 1.53. The zero-order chi connectivity index (χ0) is 13.7. The Labute approximate surface area is 107 Å². The number of nitriles is 1. The number of carboxylic acids is 1. The molecule has 0 bridgehead atoms. The van der Waals surface area contributed by atoms with Gasteiger partial charge in [-0.15, -0.1) is 0 Å². The number of carbonyl (C=O) groups excluding carboxylic acids is 1. The molecule has 1 aliphatic rings. The van der Waals surface area contributed by atoms with Crippen LogP contribution in [0.15, 0.2) is 0 Å². The van der Waals surface area contributed by atoms with Crippen molar-refractivity contribution in [2.24, 2.45) is 5.92 Å². The Morgan fingerprint density at radius 2 is 2.11 bits per heavy atom. The third-order valence-electron chi connectivity index (χ3n) is 3.20. The maximum absolute atomic E-state index is 12.0. The van der Waals surface area contributed by atoms with Crippen LogP contribution in [-0.4, -0.2) is 40.6 Å². The van der Waals surface area contributed by atoms with Crippen LogP contribution in [0.4, 0.5) is 4.79 Å². The van der Waals surface area contributed by atoms with E-state index in [1.165, 1.54) is 0 Å². The Hall–Kier alpha value is -1.77. The van der Waals surface area contributed by atoms with Gasteiger partial charge < -0.3 is 15.3 Å². The van der Waals surface area contributed by atoms with E-state index < -0.39 is 17.9 Å². The molecule has 6 nitrogen and oxygen atoms in total. The lowest BCUT2D eigenvalue weighted by Gasteiger charge is -2.25. The lowest BCUT2D eigenvalue weighted by atomic mass is 10.0. The van der Waals surface area contributed by atoms with Crippen LogP contribution in [0.1, 0.15) is 33.1 Å². The fourth-order valence-corrected chi connectivity index (χ4v) is 1.62. The highest BCUT2D eigenvalue weighted by Gasteiger charge is 2.33. The van der Waals surface area contributed by atoms with Crippen molar-refractivity contribution >= 4 is 12.0 Å². The number of hydrogen-bond donors (Lipinski definition) is 2. The second-order valence-electron chi connectivity index (χ2n) is 4.70. The molecule has 6 heteroatoms. The van der Waals surface area contributed by atoms with Gasteiger partial charge in [0.25, 0.3) is 0 Å². The summed E-state index contributed by atoms with van der Waals surface area (Å²) in [5.41, 5.74) is 0. The number of hydrogen-bond acceptors (Lipinski definition) is 3. The fourth-order valence-electron chi connectivity index (χ4n) is 1.62. The standard InChI is InChI=1S/C12H19N3O3/c1-8(11(16)17)9(2)14-12(18)15(7-3-6-13)10-4-5-10/h8-10H,3-5,7H2,1-2H3,(H,14,18)(H,16,17). The van der Waals surface area contributed by atoms with Gasteiger partial charge in [-0.05, 0) is 26.7 Å². The van der Waals surface area contributed by atoms with E-state index in [9.17, 15) is 9.59 Å². The Balaban J connectivity index is 2.51. The molecule has 1 rings (SSSR count). The first-order chi connectivity index (χ1) is 8.47. The molecule has 2 unspecified atom stereocenters. The Kier molecular flexibility index (Phi) is 4.95. The molecule has 0 saturated heterocycles. The highest BCUT2D eigenvalue weighted by Crippen LogP contribution is 2.27. The summed E-state index contributed by atoms with van der Waals surface area (Å²) in [6.07, 6.45) is 2.22. The fraction of sp³-hybridized carbons (Fsp3) is 0.750. The molecule has 18 heavy (non-hydrogen) atoms. The lowest BCUT2D eigenvalue weighted by molar-refractivity contribution is -0.141.